The number of rotatable bonds is 5. The van der Waals surface area contributed by atoms with Crippen LogP contribution < -0.4 is 11.1 Å². The summed E-state index contributed by atoms with van der Waals surface area (Å²) in [4.78, 5) is 23.2. The number of nitrogens with one attached hydrogen (secondary N) is 1. The number of halogens is 2. The van der Waals surface area contributed by atoms with Crippen LogP contribution in [0.1, 0.15) is 23.0 Å². The number of nitrogens with two attached hydrogens (primary N) is 1. The van der Waals surface area contributed by atoms with Crippen LogP contribution in [0.4, 0.5) is 10.1 Å². The molecule has 0 aliphatic heterocycles. The summed E-state index contributed by atoms with van der Waals surface area (Å²) in [5.41, 5.74) is 5.67. The first-order chi connectivity index (χ1) is 10.9. The quantitative estimate of drug-likeness (QED) is 0.780. The van der Waals surface area contributed by atoms with Gasteiger partial charge in [0.25, 0.3) is 5.91 Å². The van der Waals surface area contributed by atoms with Crippen molar-refractivity contribution in [2.45, 2.75) is 13.5 Å². The van der Waals surface area contributed by atoms with Crippen LogP contribution in [0, 0.1) is 5.82 Å². The number of carbonyl (C=O) groups excluding carboxylic acids is 2. The first-order valence-electron chi connectivity index (χ1n) is 6.72. The van der Waals surface area contributed by atoms with Gasteiger partial charge in [0.15, 0.2) is 5.69 Å². The second kappa shape index (κ2) is 7.19. The highest BCUT2D eigenvalue weighted by atomic mass is 79.9. The molecule has 6 nitrogen and oxygen atoms in total. The fourth-order valence-corrected chi connectivity index (χ4v) is 2.22. The van der Waals surface area contributed by atoms with Crippen molar-refractivity contribution in [2.75, 3.05) is 5.32 Å². The summed E-state index contributed by atoms with van der Waals surface area (Å²) >= 11 is 3.23. The Morgan fingerprint density at radius 1 is 1.48 bits per heavy atom. The van der Waals surface area contributed by atoms with Crippen molar-refractivity contribution in [3.05, 3.63) is 52.0 Å². The molecule has 1 heterocycles. The fraction of sp³-hybridized carbons (Fsp3) is 0.133. The summed E-state index contributed by atoms with van der Waals surface area (Å²) in [5.74, 6) is -1.72. The molecular weight excluding hydrogens is 367 g/mol. The van der Waals surface area contributed by atoms with Gasteiger partial charge < -0.3 is 11.1 Å². The van der Waals surface area contributed by atoms with E-state index in [2.05, 4.69) is 26.3 Å². The van der Waals surface area contributed by atoms with Gasteiger partial charge in [0.2, 0.25) is 5.91 Å². The van der Waals surface area contributed by atoms with Crippen LogP contribution in [0.5, 0.6) is 0 Å². The van der Waals surface area contributed by atoms with E-state index in [1.54, 1.807) is 12.1 Å². The van der Waals surface area contributed by atoms with E-state index in [0.29, 0.717) is 11.0 Å². The van der Waals surface area contributed by atoms with Crippen molar-refractivity contribution in [3.63, 3.8) is 0 Å². The van der Waals surface area contributed by atoms with Gasteiger partial charge in [0.1, 0.15) is 5.82 Å². The van der Waals surface area contributed by atoms with Crippen LogP contribution in [0.3, 0.4) is 0 Å². The monoisotopic (exact) mass is 380 g/mol. The van der Waals surface area contributed by atoms with Crippen LogP contribution in [-0.4, -0.2) is 21.6 Å². The molecule has 3 N–H and O–H groups in total. The molecule has 1 aromatic carbocycles. The minimum atomic E-state index is -0.741. The lowest BCUT2D eigenvalue weighted by Crippen LogP contribution is -2.16. The second-order valence-corrected chi connectivity index (χ2v) is 5.52. The van der Waals surface area contributed by atoms with Gasteiger partial charge in [0, 0.05) is 28.9 Å². The standard InChI is InChI=1S/C15H14BrFN4O2/c1-2-21-8-12(14(20-21)15(18)23)19-13(22)6-3-9-7-10(16)4-5-11(9)17/h3-8H,2H2,1H3,(H2,18,23)(H,19,22)/b6-3+. The molecular formula is C15H14BrFN4O2. The van der Waals surface area contributed by atoms with E-state index in [4.69, 9.17) is 5.73 Å². The molecule has 0 bridgehead atoms. The topological polar surface area (TPSA) is 90.0 Å². The molecule has 120 valence electrons. The zero-order valence-corrected chi connectivity index (χ0v) is 13.8. The Hall–Kier alpha value is -2.48. The van der Waals surface area contributed by atoms with Crippen LogP contribution in [0.2, 0.25) is 0 Å². The maximum absolute atomic E-state index is 13.6. The fourth-order valence-electron chi connectivity index (χ4n) is 1.84. The van der Waals surface area contributed by atoms with E-state index in [-0.39, 0.29) is 16.9 Å². The van der Waals surface area contributed by atoms with Gasteiger partial charge in [-0.2, -0.15) is 5.10 Å². The number of benzene rings is 1. The zero-order valence-electron chi connectivity index (χ0n) is 12.2. The molecule has 0 atom stereocenters. The van der Waals surface area contributed by atoms with Crippen molar-refractivity contribution in [2.24, 2.45) is 5.73 Å². The van der Waals surface area contributed by atoms with Crippen LogP contribution in [-0.2, 0) is 11.3 Å². The molecule has 8 heteroatoms. The van der Waals surface area contributed by atoms with E-state index in [9.17, 15) is 14.0 Å². The lowest BCUT2D eigenvalue weighted by Gasteiger charge is -2.00. The predicted molar refractivity (Wildman–Crippen MR) is 88.2 cm³/mol. The highest BCUT2D eigenvalue weighted by molar-refractivity contribution is 9.10. The smallest absolute Gasteiger partial charge is 0.271 e. The molecule has 0 radical (unpaired) electrons. The normalized spacial score (nSPS) is 10.9. The molecule has 0 spiro atoms. The lowest BCUT2D eigenvalue weighted by molar-refractivity contribution is -0.111. The van der Waals surface area contributed by atoms with Gasteiger partial charge in [-0.3, -0.25) is 14.3 Å². The van der Waals surface area contributed by atoms with Crippen LogP contribution in [0.25, 0.3) is 6.08 Å². The molecule has 2 aromatic rings. The summed E-state index contributed by atoms with van der Waals surface area (Å²) in [6, 6.07) is 4.40. The number of hydrogen-bond acceptors (Lipinski definition) is 3. The summed E-state index contributed by atoms with van der Waals surface area (Å²) in [7, 11) is 0. The van der Waals surface area contributed by atoms with E-state index in [0.717, 1.165) is 0 Å². The van der Waals surface area contributed by atoms with E-state index < -0.39 is 17.6 Å². The summed E-state index contributed by atoms with van der Waals surface area (Å²) in [5, 5.41) is 6.47. The Morgan fingerprint density at radius 3 is 2.87 bits per heavy atom. The van der Waals surface area contributed by atoms with Crippen molar-refractivity contribution in [3.8, 4) is 0 Å². The van der Waals surface area contributed by atoms with Crippen LogP contribution in [0.15, 0.2) is 34.9 Å². The number of aryl methyl sites for hydroxylation is 1. The van der Waals surface area contributed by atoms with Crippen molar-refractivity contribution in [1.82, 2.24) is 9.78 Å². The summed E-state index contributed by atoms with van der Waals surface area (Å²) in [6.07, 6.45) is 4.01. The molecule has 0 saturated carbocycles. The highest BCUT2D eigenvalue weighted by Gasteiger charge is 2.15. The maximum atomic E-state index is 13.6. The number of aromatic nitrogens is 2. The second-order valence-electron chi connectivity index (χ2n) is 4.60. The molecule has 0 unspecified atom stereocenters. The molecule has 0 fully saturated rings. The number of primary amides is 1. The van der Waals surface area contributed by atoms with Gasteiger partial charge in [-0.05, 0) is 31.2 Å². The van der Waals surface area contributed by atoms with Gasteiger partial charge in [-0.15, -0.1) is 0 Å². The maximum Gasteiger partial charge on any atom is 0.271 e. The van der Waals surface area contributed by atoms with E-state index in [1.807, 2.05) is 6.92 Å². The third-order valence-electron chi connectivity index (χ3n) is 2.95. The molecule has 0 saturated heterocycles. The lowest BCUT2D eigenvalue weighted by atomic mass is 10.2. The Kier molecular flexibility index (Phi) is 5.28. The van der Waals surface area contributed by atoms with Gasteiger partial charge in [0.05, 0.1) is 5.69 Å². The third kappa shape index (κ3) is 4.26. The Bertz CT molecular complexity index is 786. The van der Waals surface area contributed by atoms with E-state index in [1.165, 1.54) is 29.1 Å². The molecule has 2 amide bonds. The summed E-state index contributed by atoms with van der Waals surface area (Å²) in [6.45, 7) is 2.36. The molecule has 0 aliphatic carbocycles. The number of anilines is 1. The first kappa shape index (κ1) is 16.9. The number of carbonyl (C=O) groups is 2. The number of nitrogens with zero attached hydrogens (tertiary/aromatic N) is 2. The SMILES string of the molecule is CCn1cc(NC(=O)/C=C/c2cc(Br)ccc2F)c(C(N)=O)n1. The van der Waals surface area contributed by atoms with Crippen molar-refractivity contribution in [1.29, 1.82) is 0 Å². The third-order valence-corrected chi connectivity index (χ3v) is 3.44. The van der Waals surface area contributed by atoms with Gasteiger partial charge >= 0.3 is 0 Å². The largest absolute Gasteiger partial charge is 0.364 e. The highest BCUT2D eigenvalue weighted by Crippen LogP contribution is 2.17. The molecule has 23 heavy (non-hydrogen) atoms. The average molecular weight is 381 g/mol. The van der Waals surface area contributed by atoms with Gasteiger partial charge in [-0.25, -0.2) is 4.39 Å². The Balaban J connectivity index is 2.16. The molecule has 2 rings (SSSR count). The minimum Gasteiger partial charge on any atom is -0.364 e. The Labute approximate surface area is 140 Å². The van der Waals surface area contributed by atoms with E-state index >= 15 is 0 Å². The zero-order chi connectivity index (χ0) is 17.0. The predicted octanol–water partition coefficient (Wildman–Crippen LogP) is 2.56. The Morgan fingerprint density at radius 2 is 2.22 bits per heavy atom. The van der Waals surface area contributed by atoms with Gasteiger partial charge in [-0.1, -0.05) is 15.9 Å². The first-order valence-corrected chi connectivity index (χ1v) is 7.51. The van der Waals surface area contributed by atoms with Crippen molar-refractivity contribution < 1.29 is 14.0 Å². The average Bonchev–Trinajstić information content (AvgIpc) is 2.91. The summed E-state index contributed by atoms with van der Waals surface area (Å²) < 4.78 is 15.8. The molecule has 1 aromatic heterocycles. The minimum absolute atomic E-state index is 0.0257. The van der Waals surface area contributed by atoms with Crippen LogP contribution >= 0.6 is 15.9 Å². The number of amides is 2. The number of hydrogen-bond donors (Lipinski definition) is 2. The van der Waals surface area contributed by atoms with Crippen molar-refractivity contribution >= 4 is 39.5 Å². The molecule has 0 aliphatic rings.